The molecule has 36 heavy (non-hydrogen) atoms. The van der Waals surface area contributed by atoms with Crippen LogP contribution in [0.2, 0.25) is 0 Å². The summed E-state index contributed by atoms with van der Waals surface area (Å²) in [6.07, 6.45) is -4.73. The summed E-state index contributed by atoms with van der Waals surface area (Å²) in [5.41, 5.74) is 1.49. The molecule has 2 aromatic heterocycles. The van der Waals surface area contributed by atoms with E-state index in [1.165, 1.54) is 29.3 Å². The Morgan fingerprint density at radius 1 is 0.972 bits per heavy atom. The molecular formula is C26H23F4N5O. The molecule has 3 heterocycles. The quantitative estimate of drug-likeness (QED) is 0.380. The molecule has 1 aliphatic rings. The summed E-state index contributed by atoms with van der Waals surface area (Å²) in [6.45, 7) is 5.01. The molecule has 1 amide bonds. The van der Waals surface area contributed by atoms with Gasteiger partial charge in [0.2, 0.25) is 0 Å². The zero-order valence-corrected chi connectivity index (χ0v) is 19.5. The first-order valence-corrected chi connectivity index (χ1v) is 11.5. The summed E-state index contributed by atoms with van der Waals surface area (Å²) in [5.74, 6) is -0.945. The van der Waals surface area contributed by atoms with Gasteiger partial charge < -0.3 is 4.90 Å². The minimum Gasteiger partial charge on any atom is -0.335 e. The van der Waals surface area contributed by atoms with Crippen molar-refractivity contribution in [2.75, 3.05) is 26.2 Å². The molecule has 0 spiro atoms. The Hall–Kier alpha value is -3.79. The topological polar surface area (TPSA) is 53.7 Å². The molecule has 186 valence electrons. The number of nitrogens with zero attached hydrogens (tertiary/aromatic N) is 5. The number of alkyl halides is 3. The Labute approximate surface area is 204 Å². The van der Waals surface area contributed by atoms with Crippen molar-refractivity contribution in [3.05, 3.63) is 89.0 Å². The number of hydrogen-bond donors (Lipinski definition) is 0. The lowest BCUT2D eigenvalue weighted by molar-refractivity contribution is -0.142. The van der Waals surface area contributed by atoms with E-state index >= 15 is 0 Å². The van der Waals surface area contributed by atoms with Gasteiger partial charge in [0.15, 0.2) is 17.0 Å². The van der Waals surface area contributed by atoms with Crippen LogP contribution in [0.15, 0.2) is 60.7 Å². The largest absolute Gasteiger partial charge is 0.433 e. The average molecular weight is 497 g/mol. The van der Waals surface area contributed by atoms with Crippen LogP contribution >= 0.6 is 0 Å². The fourth-order valence-corrected chi connectivity index (χ4v) is 4.35. The molecule has 0 saturated carbocycles. The lowest BCUT2D eigenvalue weighted by Crippen LogP contribution is -2.48. The number of hydrogen-bond acceptors (Lipinski definition) is 4. The second kappa shape index (κ2) is 9.34. The van der Waals surface area contributed by atoms with Crippen molar-refractivity contribution in [3.63, 3.8) is 0 Å². The first-order chi connectivity index (χ1) is 17.2. The maximum atomic E-state index is 13.8. The van der Waals surface area contributed by atoms with Gasteiger partial charge in [-0.3, -0.25) is 9.69 Å². The van der Waals surface area contributed by atoms with Crippen LogP contribution in [-0.4, -0.2) is 56.5 Å². The van der Waals surface area contributed by atoms with Gasteiger partial charge in [0.1, 0.15) is 5.82 Å². The van der Waals surface area contributed by atoms with E-state index in [4.69, 9.17) is 0 Å². The van der Waals surface area contributed by atoms with Crippen molar-refractivity contribution < 1.29 is 22.4 Å². The molecule has 1 aliphatic heterocycles. The van der Waals surface area contributed by atoms with Gasteiger partial charge in [0, 0.05) is 44.4 Å². The number of halogens is 4. The molecule has 0 radical (unpaired) electrons. The Balaban J connectivity index is 1.38. The van der Waals surface area contributed by atoms with Crippen LogP contribution in [0.1, 0.15) is 27.3 Å². The van der Waals surface area contributed by atoms with Crippen LogP contribution in [0, 0.1) is 12.7 Å². The van der Waals surface area contributed by atoms with Crippen molar-refractivity contribution >= 4 is 11.6 Å². The minimum absolute atomic E-state index is 0.0125. The van der Waals surface area contributed by atoms with Gasteiger partial charge in [-0.2, -0.15) is 18.3 Å². The third-order valence-corrected chi connectivity index (χ3v) is 6.39. The summed E-state index contributed by atoms with van der Waals surface area (Å²) in [6, 6.07) is 15.3. The van der Waals surface area contributed by atoms with E-state index in [9.17, 15) is 22.4 Å². The van der Waals surface area contributed by atoms with Gasteiger partial charge in [-0.25, -0.2) is 13.9 Å². The molecule has 1 saturated heterocycles. The predicted molar refractivity (Wildman–Crippen MR) is 126 cm³/mol. The van der Waals surface area contributed by atoms with E-state index in [0.717, 1.165) is 24.7 Å². The van der Waals surface area contributed by atoms with E-state index < -0.39 is 23.6 Å². The smallest absolute Gasteiger partial charge is 0.335 e. The number of rotatable bonds is 4. The SMILES string of the molecule is Cc1ccccc1CN1CCN(C(=O)c2cc3nc(-c4ccc(F)cc4)cc(C(F)(F)F)n3n2)CC1. The zero-order valence-electron chi connectivity index (χ0n) is 19.5. The molecule has 10 heteroatoms. The van der Waals surface area contributed by atoms with E-state index in [1.807, 2.05) is 12.1 Å². The minimum atomic E-state index is -4.73. The highest BCUT2D eigenvalue weighted by Gasteiger charge is 2.36. The molecule has 5 rings (SSSR count). The third-order valence-electron chi connectivity index (χ3n) is 6.39. The van der Waals surface area contributed by atoms with Gasteiger partial charge in [-0.05, 0) is 48.4 Å². The van der Waals surface area contributed by atoms with Crippen molar-refractivity contribution in [1.82, 2.24) is 24.4 Å². The van der Waals surface area contributed by atoms with Crippen molar-refractivity contribution in [1.29, 1.82) is 0 Å². The van der Waals surface area contributed by atoms with E-state index in [1.54, 1.807) is 4.90 Å². The summed E-state index contributed by atoms with van der Waals surface area (Å²) in [5, 5.41) is 3.97. The van der Waals surface area contributed by atoms with Crippen molar-refractivity contribution in [3.8, 4) is 11.3 Å². The molecule has 0 N–H and O–H groups in total. The monoisotopic (exact) mass is 497 g/mol. The second-order valence-electron chi connectivity index (χ2n) is 8.83. The van der Waals surface area contributed by atoms with E-state index in [0.29, 0.717) is 36.3 Å². The van der Waals surface area contributed by atoms with Gasteiger partial charge >= 0.3 is 6.18 Å². The average Bonchev–Trinajstić information content (AvgIpc) is 3.29. The number of aryl methyl sites for hydroxylation is 1. The summed E-state index contributed by atoms with van der Waals surface area (Å²) < 4.78 is 55.5. The van der Waals surface area contributed by atoms with Gasteiger partial charge in [0.25, 0.3) is 5.91 Å². The van der Waals surface area contributed by atoms with E-state index in [-0.39, 0.29) is 17.0 Å². The van der Waals surface area contributed by atoms with E-state index in [2.05, 4.69) is 34.0 Å². The Morgan fingerprint density at radius 2 is 1.67 bits per heavy atom. The predicted octanol–water partition coefficient (Wildman–Crippen LogP) is 4.82. The van der Waals surface area contributed by atoms with Crippen LogP contribution < -0.4 is 0 Å². The molecule has 0 unspecified atom stereocenters. The van der Waals surface area contributed by atoms with Crippen LogP contribution in [0.3, 0.4) is 0 Å². The maximum Gasteiger partial charge on any atom is 0.433 e. The van der Waals surface area contributed by atoms with Crippen LogP contribution in [0.4, 0.5) is 17.6 Å². The molecule has 1 fully saturated rings. The number of piperazine rings is 1. The Morgan fingerprint density at radius 3 is 2.33 bits per heavy atom. The summed E-state index contributed by atoms with van der Waals surface area (Å²) in [7, 11) is 0. The summed E-state index contributed by atoms with van der Waals surface area (Å²) in [4.78, 5) is 21.2. The summed E-state index contributed by atoms with van der Waals surface area (Å²) >= 11 is 0. The number of carbonyl (C=O) groups excluding carboxylic acids is 1. The number of amides is 1. The maximum absolute atomic E-state index is 13.8. The molecular weight excluding hydrogens is 474 g/mol. The first kappa shape index (κ1) is 23.9. The highest BCUT2D eigenvalue weighted by Crippen LogP contribution is 2.32. The van der Waals surface area contributed by atoms with Gasteiger partial charge in [-0.1, -0.05) is 24.3 Å². The molecule has 0 bridgehead atoms. The van der Waals surface area contributed by atoms with Crippen LogP contribution in [0.25, 0.3) is 16.9 Å². The number of carbonyl (C=O) groups is 1. The van der Waals surface area contributed by atoms with Crippen LogP contribution in [0.5, 0.6) is 0 Å². The van der Waals surface area contributed by atoms with Gasteiger partial charge in [0.05, 0.1) is 5.69 Å². The third kappa shape index (κ3) is 4.81. The second-order valence-corrected chi connectivity index (χ2v) is 8.83. The van der Waals surface area contributed by atoms with Gasteiger partial charge in [-0.15, -0.1) is 0 Å². The molecule has 0 atom stereocenters. The Bertz CT molecular complexity index is 1410. The fourth-order valence-electron chi connectivity index (χ4n) is 4.35. The van der Waals surface area contributed by atoms with Crippen LogP contribution in [-0.2, 0) is 12.7 Å². The molecule has 4 aromatic rings. The Kier molecular flexibility index (Phi) is 6.21. The normalized spacial score (nSPS) is 15.0. The highest BCUT2D eigenvalue weighted by molar-refractivity contribution is 5.93. The standard InChI is InChI=1S/C26H23F4N5O/c1-17-4-2-3-5-19(17)16-33-10-12-34(13-11-33)25(36)22-15-24-31-21(18-6-8-20(27)9-7-18)14-23(26(28,29)30)35(24)32-22/h2-9,14-15H,10-13,16H2,1H3. The lowest BCUT2D eigenvalue weighted by Gasteiger charge is -2.34. The lowest BCUT2D eigenvalue weighted by atomic mass is 10.1. The molecule has 2 aromatic carbocycles. The molecule has 6 nitrogen and oxygen atoms in total. The first-order valence-electron chi connectivity index (χ1n) is 11.5. The molecule has 0 aliphatic carbocycles. The number of aromatic nitrogens is 3. The van der Waals surface area contributed by atoms with Crippen molar-refractivity contribution in [2.45, 2.75) is 19.6 Å². The zero-order chi connectivity index (χ0) is 25.4. The van der Waals surface area contributed by atoms with Crippen molar-refractivity contribution in [2.24, 2.45) is 0 Å². The number of benzene rings is 2. The highest BCUT2D eigenvalue weighted by atomic mass is 19.4. The number of fused-ring (bicyclic) bond motifs is 1. The fraction of sp³-hybridized carbons (Fsp3) is 0.269.